The molecule has 0 atom stereocenters. The second kappa shape index (κ2) is 9.25. The number of anilines is 1. The van der Waals surface area contributed by atoms with E-state index in [1.165, 1.54) is 18.0 Å². The van der Waals surface area contributed by atoms with Gasteiger partial charge in [0.05, 0.1) is 17.2 Å². The van der Waals surface area contributed by atoms with Crippen LogP contribution in [-0.4, -0.2) is 51.7 Å². The number of ketones is 1. The van der Waals surface area contributed by atoms with E-state index < -0.39 is 6.61 Å². The number of aliphatic hydroxyl groups excluding tert-OH is 1. The average Bonchev–Trinajstić information content (AvgIpc) is 3.13. The number of aliphatic hydroxyl groups is 1. The fourth-order valence-corrected chi connectivity index (χ4v) is 4.15. The summed E-state index contributed by atoms with van der Waals surface area (Å²) in [5, 5.41) is 22.8. The Labute approximate surface area is 181 Å². The molecule has 0 saturated carbocycles. The number of aromatic nitrogens is 3. The summed E-state index contributed by atoms with van der Waals surface area (Å²) in [6.07, 6.45) is 7.18. The molecule has 1 fully saturated rings. The van der Waals surface area contributed by atoms with Crippen LogP contribution in [0.2, 0.25) is 0 Å². The van der Waals surface area contributed by atoms with Crippen molar-refractivity contribution >= 4 is 22.6 Å². The Bertz CT molecular complexity index is 1110. The molecule has 0 aliphatic carbocycles. The van der Waals surface area contributed by atoms with Crippen molar-refractivity contribution in [1.29, 1.82) is 5.26 Å². The SMILES string of the molecule is Cn1cc(CNCC2CCN(c3ncc(C(=O)CO)cn3)CC2)c2cc(C#N)ccc21. The van der Waals surface area contributed by atoms with Crippen LogP contribution in [0.5, 0.6) is 0 Å². The standard InChI is InChI=1S/C23H26N6O2/c1-28-14-19(20-8-17(9-24)2-3-21(20)28)11-25-10-16-4-6-29(7-5-16)23-26-12-18(13-27-23)22(31)15-30/h2-3,8,12-14,16,25,30H,4-7,10-11,15H2,1H3. The van der Waals surface area contributed by atoms with Crippen molar-refractivity contribution in [1.82, 2.24) is 19.9 Å². The van der Waals surface area contributed by atoms with Gasteiger partial charge in [0.2, 0.25) is 5.95 Å². The summed E-state index contributed by atoms with van der Waals surface area (Å²) in [4.78, 5) is 22.2. The van der Waals surface area contributed by atoms with Crippen LogP contribution in [-0.2, 0) is 13.6 Å². The lowest BCUT2D eigenvalue weighted by Gasteiger charge is -2.32. The van der Waals surface area contributed by atoms with Crippen LogP contribution < -0.4 is 10.2 Å². The first kappa shape index (κ1) is 21.0. The zero-order chi connectivity index (χ0) is 21.8. The van der Waals surface area contributed by atoms with Gasteiger partial charge in [-0.05, 0) is 49.1 Å². The molecular weight excluding hydrogens is 392 g/mol. The third kappa shape index (κ3) is 4.58. The van der Waals surface area contributed by atoms with Crippen LogP contribution in [0.3, 0.4) is 0 Å². The number of hydrogen-bond acceptors (Lipinski definition) is 7. The number of benzene rings is 1. The summed E-state index contributed by atoms with van der Waals surface area (Å²) in [6, 6.07) is 8.04. The predicted octanol–water partition coefficient (Wildman–Crippen LogP) is 2.02. The number of fused-ring (bicyclic) bond motifs is 1. The number of piperidine rings is 1. The highest BCUT2D eigenvalue weighted by Gasteiger charge is 2.21. The van der Waals surface area contributed by atoms with E-state index in [4.69, 9.17) is 5.11 Å². The first-order chi connectivity index (χ1) is 15.1. The molecule has 8 heteroatoms. The van der Waals surface area contributed by atoms with Crippen LogP contribution >= 0.6 is 0 Å². The highest BCUT2D eigenvalue weighted by molar-refractivity contribution is 5.96. The molecule has 160 valence electrons. The topological polar surface area (TPSA) is 107 Å². The second-order valence-corrected chi connectivity index (χ2v) is 8.02. The van der Waals surface area contributed by atoms with Crippen LogP contribution in [0.4, 0.5) is 5.95 Å². The van der Waals surface area contributed by atoms with E-state index in [9.17, 15) is 10.1 Å². The van der Waals surface area contributed by atoms with E-state index in [0.29, 0.717) is 23.0 Å². The van der Waals surface area contributed by atoms with Gasteiger partial charge >= 0.3 is 0 Å². The van der Waals surface area contributed by atoms with E-state index in [-0.39, 0.29) is 5.78 Å². The number of Topliss-reactive ketones (excluding diaryl/α,β-unsaturated/α-hetero) is 1. The highest BCUT2D eigenvalue weighted by Crippen LogP contribution is 2.23. The first-order valence-corrected chi connectivity index (χ1v) is 10.5. The smallest absolute Gasteiger partial charge is 0.225 e. The van der Waals surface area contributed by atoms with Crippen molar-refractivity contribution < 1.29 is 9.90 Å². The molecule has 3 aromatic rings. The van der Waals surface area contributed by atoms with Gasteiger partial charge in [-0.3, -0.25) is 4.79 Å². The summed E-state index contributed by atoms with van der Waals surface area (Å²) in [6.45, 7) is 2.93. The molecule has 31 heavy (non-hydrogen) atoms. The summed E-state index contributed by atoms with van der Waals surface area (Å²) in [5.41, 5.74) is 3.36. The zero-order valence-corrected chi connectivity index (χ0v) is 17.6. The van der Waals surface area contributed by atoms with Crippen LogP contribution in [0, 0.1) is 17.2 Å². The summed E-state index contributed by atoms with van der Waals surface area (Å²) in [5.74, 6) is 0.840. The van der Waals surface area contributed by atoms with Crippen molar-refractivity contribution in [3.8, 4) is 6.07 Å². The van der Waals surface area contributed by atoms with Crippen molar-refractivity contribution in [3.05, 3.63) is 53.5 Å². The predicted molar refractivity (Wildman–Crippen MR) is 118 cm³/mol. The third-order valence-electron chi connectivity index (χ3n) is 5.95. The Balaban J connectivity index is 1.29. The van der Waals surface area contributed by atoms with Crippen LogP contribution in [0.15, 0.2) is 36.8 Å². The van der Waals surface area contributed by atoms with Crippen molar-refractivity contribution in [3.63, 3.8) is 0 Å². The Morgan fingerprint density at radius 3 is 2.71 bits per heavy atom. The number of hydrogen-bond donors (Lipinski definition) is 2. The quantitative estimate of drug-likeness (QED) is 0.565. The van der Waals surface area contributed by atoms with E-state index in [2.05, 4.69) is 37.0 Å². The molecule has 1 aromatic carbocycles. The van der Waals surface area contributed by atoms with Crippen LogP contribution in [0.1, 0.15) is 34.3 Å². The van der Waals surface area contributed by atoms with Crippen molar-refractivity contribution in [2.45, 2.75) is 19.4 Å². The molecule has 4 rings (SSSR count). The lowest BCUT2D eigenvalue weighted by Crippen LogP contribution is -2.38. The number of nitrogens with one attached hydrogen (secondary N) is 1. The number of carbonyl (C=O) groups is 1. The van der Waals surface area contributed by atoms with Gasteiger partial charge in [0.1, 0.15) is 6.61 Å². The normalized spacial score (nSPS) is 14.7. The number of carbonyl (C=O) groups excluding carboxylic acids is 1. The molecule has 1 aliphatic rings. The maximum absolute atomic E-state index is 11.5. The number of nitriles is 1. The second-order valence-electron chi connectivity index (χ2n) is 8.02. The van der Waals surface area contributed by atoms with Gasteiger partial charge in [-0.1, -0.05) is 0 Å². The Hall–Kier alpha value is -3.28. The minimum absolute atomic E-state index is 0.334. The van der Waals surface area contributed by atoms with Crippen molar-refractivity contribution in [2.24, 2.45) is 13.0 Å². The lowest BCUT2D eigenvalue weighted by molar-refractivity contribution is 0.0903. The largest absolute Gasteiger partial charge is 0.388 e. The minimum Gasteiger partial charge on any atom is -0.388 e. The maximum Gasteiger partial charge on any atom is 0.225 e. The average molecular weight is 419 g/mol. The minimum atomic E-state index is -0.528. The van der Waals surface area contributed by atoms with Gasteiger partial charge in [-0.15, -0.1) is 0 Å². The molecule has 0 unspecified atom stereocenters. The van der Waals surface area contributed by atoms with Gasteiger partial charge in [-0.2, -0.15) is 5.26 Å². The van der Waals surface area contributed by atoms with Gasteiger partial charge in [0, 0.05) is 56.2 Å². The van der Waals surface area contributed by atoms with E-state index in [0.717, 1.165) is 49.9 Å². The molecule has 3 heterocycles. The fraction of sp³-hybridized carbons (Fsp3) is 0.391. The zero-order valence-electron chi connectivity index (χ0n) is 17.6. The van der Waals surface area contributed by atoms with Gasteiger partial charge in [0.15, 0.2) is 5.78 Å². The molecule has 1 aliphatic heterocycles. The molecule has 2 N–H and O–H groups in total. The van der Waals surface area contributed by atoms with Gasteiger partial charge in [0.25, 0.3) is 0 Å². The molecule has 0 bridgehead atoms. The lowest BCUT2D eigenvalue weighted by atomic mass is 9.97. The van der Waals surface area contributed by atoms with Crippen molar-refractivity contribution in [2.75, 3.05) is 31.1 Å². The monoisotopic (exact) mass is 418 g/mol. The molecular formula is C23H26N6O2. The first-order valence-electron chi connectivity index (χ1n) is 10.5. The van der Waals surface area contributed by atoms with E-state index in [1.54, 1.807) is 0 Å². The molecule has 2 aromatic heterocycles. The molecule has 0 amide bonds. The highest BCUT2D eigenvalue weighted by atomic mass is 16.3. The van der Waals surface area contributed by atoms with E-state index >= 15 is 0 Å². The van der Waals surface area contributed by atoms with Gasteiger partial charge in [-0.25, -0.2) is 9.97 Å². The van der Waals surface area contributed by atoms with E-state index in [1.807, 2.05) is 25.2 Å². The fourth-order valence-electron chi connectivity index (χ4n) is 4.15. The number of nitrogens with zero attached hydrogens (tertiary/aromatic N) is 5. The maximum atomic E-state index is 11.5. The molecule has 0 spiro atoms. The van der Waals surface area contributed by atoms with Crippen LogP contribution in [0.25, 0.3) is 10.9 Å². The summed E-state index contributed by atoms with van der Waals surface area (Å²) >= 11 is 0. The summed E-state index contributed by atoms with van der Waals surface area (Å²) in [7, 11) is 2.03. The number of rotatable bonds is 7. The Morgan fingerprint density at radius 2 is 2.03 bits per heavy atom. The molecule has 0 radical (unpaired) electrons. The number of aryl methyl sites for hydroxylation is 1. The molecule has 8 nitrogen and oxygen atoms in total. The Kier molecular flexibility index (Phi) is 6.26. The Morgan fingerprint density at radius 1 is 1.29 bits per heavy atom. The van der Waals surface area contributed by atoms with Gasteiger partial charge < -0.3 is 19.9 Å². The third-order valence-corrected chi connectivity index (χ3v) is 5.95. The summed E-state index contributed by atoms with van der Waals surface area (Å²) < 4.78 is 2.10. The molecule has 1 saturated heterocycles.